The first-order valence-electron chi connectivity index (χ1n) is 4.77. The zero-order valence-corrected chi connectivity index (χ0v) is 9.38. The van der Waals surface area contributed by atoms with E-state index >= 15 is 0 Å². The van der Waals surface area contributed by atoms with E-state index in [-0.39, 0.29) is 4.99 Å². The lowest BCUT2D eigenvalue weighted by atomic mass is 9.81. The number of nitrogens with zero attached hydrogens (tertiary/aromatic N) is 1. The Bertz CT molecular complexity index is 564. The van der Waals surface area contributed by atoms with Crippen LogP contribution in [-0.4, -0.2) is 16.8 Å². The van der Waals surface area contributed by atoms with Crippen LogP contribution in [0, 0.1) is 22.7 Å². The fourth-order valence-electron chi connectivity index (χ4n) is 1.76. The SMILES string of the molecule is N#CC1C(=O)NC(=S)C(=C=N)C1c1ccco1. The Morgan fingerprint density at radius 1 is 1.59 bits per heavy atom. The van der Waals surface area contributed by atoms with Gasteiger partial charge in [-0.3, -0.25) is 10.2 Å². The van der Waals surface area contributed by atoms with E-state index in [1.807, 2.05) is 6.07 Å². The molecule has 2 unspecified atom stereocenters. The van der Waals surface area contributed by atoms with E-state index in [4.69, 9.17) is 27.3 Å². The van der Waals surface area contributed by atoms with E-state index < -0.39 is 17.7 Å². The van der Waals surface area contributed by atoms with Gasteiger partial charge in [0.2, 0.25) is 5.91 Å². The van der Waals surface area contributed by atoms with Crippen molar-refractivity contribution >= 4 is 29.0 Å². The van der Waals surface area contributed by atoms with Gasteiger partial charge >= 0.3 is 0 Å². The highest BCUT2D eigenvalue weighted by atomic mass is 32.1. The van der Waals surface area contributed by atoms with Crippen molar-refractivity contribution in [1.29, 1.82) is 10.7 Å². The topological polar surface area (TPSA) is 89.9 Å². The summed E-state index contributed by atoms with van der Waals surface area (Å²) >= 11 is 4.95. The monoisotopic (exact) mass is 245 g/mol. The van der Waals surface area contributed by atoms with Crippen LogP contribution in [0.3, 0.4) is 0 Å². The first-order valence-corrected chi connectivity index (χ1v) is 5.17. The Hall–Kier alpha value is -2.22. The molecular weight excluding hydrogens is 238 g/mol. The third-order valence-corrected chi connectivity index (χ3v) is 2.85. The van der Waals surface area contributed by atoms with Crippen molar-refractivity contribution in [1.82, 2.24) is 5.32 Å². The van der Waals surface area contributed by atoms with Crippen molar-refractivity contribution in [3.63, 3.8) is 0 Å². The second kappa shape index (κ2) is 4.34. The van der Waals surface area contributed by atoms with Crippen molar-refractivity contribution in [2.45, 2.75) is 5.92 Å². The smallest absolute Gasteiger partial charge is 0.243 e. The average molecular weight is 245 g/mol. The summed E-state index contributed by atoms with van der Waals surface area (Å²) in [5, 5.41) is 18.6. The molecule has 2 rings (SSSR count). The highest BCUT2D eigenvalue weighted by Crippen LogP contribution is 2.34. The molecular formula is C11H7N3O2S. The van der Waals surface area contributed by atoms with Crippen LogP contribution in [0.15, 0.2) is 28.4 Å². The van der Waals surface area contributed by atoms with Crippen LogP contribution in [0.5, 0.6) is 0 Å². The van der Waals surface area contributed by atoms with Gasteiger partial charge < -0.3 is 9.73 Å². The van der Waals surface area contributed by atoms with Crippen LogP contribution in [0.1, 0.15) is 11.7 Å². The third kappa shape index (κ3) is 1.78. The Morgan fingerprint density at radius 2 is 2.35 bits per heavy atom. The van der Waals surface area contributed by atoms with Crippen molar-refractivity contribution in [3.05, 3.63) is 29.7 Å². The molecule has 1 fully saturated rings. The molecule has 2 atom stereocenters. The van der Waals surface area contributed by atoms with Crippen LogP contribution in [-0.2, 0) is 4.79 Å². The zero-order valence-electron chi connectivity index (χ0n) is 8.56. The van der Waals surface area contributed by atoms with E-state index in [1.165, 1.54) is 6.26 Å². The van der Waals surface area contributed by atoms with E-state index in [2.05, 4.69) is 11.2 Å². The van der Waals surface area contributed by atoms with Gasteiger partial charge in [-0.05, 0) is 18.0 Å². The second-order valence-electron chi connectivity index (χ2n) is 3.46. The largest absolute Gasteiger partial charge is 0.469 e. The number of piperidine rings is 1. The summed E-state index contributed by atoms with van der Waals surface area (Å²) in [5.41, 5.74) is 0.293. The molecule has 0 aliphatic carbocycles. The minimum Gasteiger partial charge on any atom is -0.469 e. The van der Waals surface area contributed by atoms with Gasteiger partial charge in [0.05, 0.1) is 23.8 Å². The molecule has 2 N–H and O–H groups in total. The van der Waals surface area contributed by atoms with Gasteiger partial charge in [-0.25, -0.2) is 0 Å². The minimum atomic E-state index is -0.958. The minimum absolute atomic E-state index is 0.123. The summed E-state index contributed by atoms with van der Waals surface area (Å²) in [6.07, 6.45) is 1.45. The molecule has 0 radical (unpaired) electrons. The lowest BCUT2D eigenvalue weighted by Crippen LogP contribution is -2.45. The van der Waals surface area contributed by atoms with Gasteiger partial charge in [-0.15, -0.1) is 0 Å². The summed E-state index contributed by atoms with van der Waals surface area (Å²) in [5.74, 6) is 0.520. The number of nitriles is 1. The van der Waals surface area contributed by atoms with Gasteiger partial charge in [0.1, 0.15) is 16.7 Å². The fourth-order valence-corrected chi connectivity index (χ4v) is 2.04. The van der Waals surface area contributed by atoms with Crippen molar-refractivity contribution in [2.75, 3.05) is 0 Å². The molecule has 6 heteroatoms. The number of amides is 1. The summed E-state index contributed by atoms with van der Waals surface area (Å²) in [4.78, 5) is 11.8. The zero-order chi connectivity index (χ0) is 12.4. The molecule has 0 aromatic carbocycles. The molecule has 0 bridgehead atoms. The molecule has 0 saturated carbocycles. The molecule has 0 spiro atoms. The molecule has 1 aliphatic heterocycles. The molecule has 1 saturated heterocycles. The summed E-state index contributed by atoms with van der Waals surface area (Å²) in [6, 6.07) is 5.20. The Kier molecular flexibility index (Phi) is 2.88. The van der Waals surface area contributed by atoms with Gasteiger partial charge in [0.15, 0.2) is 0 Å². The quantitative estimate of drug-likeness (QED) is 0.441. The summed E-state index contributed by atoms with van der Waals surface area (Å²) in [7, 11) is 0. The molecule has 1 aromatic rings. The Labute approximate surface area is 102 Å². The maximum atomic E-state index is 11.6. The predicted octanol–water partition coefficient (Wildman–Crippen LogP) is 1.14. The Balaban J connectivity index is 2.55. The van der Waals surface area contributed by atoms with Gasteiger partial charge in [0, 0.05) is 0 Å². The summed E-state index contributed by atoms with van der Waals surface area (Å²) < 4.78 is 5.20. The van der Waals surface area contributed by atoms with Crippen LogP contribution in [0.4, 0.5) is 0 Å². The normalized spacial score (nSPS) is 23.8. The highest BCUT2D eigenvalue weighted by Gasteiger charge is 2.41. The maximum Gasteiger partial charge on any atom is 0.243 e. The molecule has 5 nitrogen and oxygen atoms in total. The van der Waals surface area contributed by atoms with E-state index in [9.17, 15) is 4.79 Å². The first-order chi connectivity index (χ1) is 8.19. The van der Waals surface area contributed by atoms with Crippen LogP contribution >= 0.6 is 12.2 Å². The van der Waals surface area contributed by atoms with E-state index in [1.54, 1.807) is 12.1 Å². The highest BCUT2D eigenvalue weighted by molar-refractivity contribution is 7.80. The standard InChI is InChI=1S/C11H7N3O2S/c12-4-6-9(8-2-1-3-16-8)7(5-13)11(17)14-10(6)15/h1-3,6,9,13H,(H,14,15,17). The van der Waals surface area contributed by atoms with E-state index in [0.29, 0.717) is 11.3 Å². The maximum absolute atomic E-state index is 11.6. The van der Waals surface area contributed by atoms with Crippen molar-refractivity contribution < 1.29 is 9.21 Å². The fraction of sp³-hybridized carbons (Fsp3) is 0.182. The van der Waals surface area contributed by atoms with Gasteiger partial charge in [-0.2, -0.15) is 5.26 Å². The van der Waals surface area contributed by atoms with Gasteiger partial charge in [0.25, 0.3) is 0 Å². The lowest BCUT2D eigenvalue weighted by molar-refractivity contribution is -0.122. The number of rotatable bonds is 1. The number of thiocarbonyl (C=S) groups is 1. The predicted molar refractivity (Wildman–Crippen MR) is 62.5 cm³/mol. The first kappa shape index (κ1) is 11.3. The molecule has 1 amide bonds. The van der Waals surface area contributed by atoms with Crippen LogP contribution in [0.25, 0.3) is 0 Å². The molecule has 1 aromatic heterocycles. The summed E-state index contributed by atoms with van der Waals surface area (Å²) in [6.45, 7) is 0. The number of carbonyl (C=O) groups is 1. The Morgan fingerprint density at radius 3 is 2.88 bits per heavy atom. The number of nitrogens with one attached hydrogen (secondary N) is 2. The van der Waals surface area contributed by atoms with Crippen molar-refractivity contribution in [3.8, 4) is 6.07 Å². The number of hydrogen-bond acceptors (Lipinski definition) is 5. The van der Waals surface area contributed by atoms with Gasteiger partial charge in [-0.1, -0.05) is 12.2 Å². The number of hydrogen-bond donors (Lipinski definition) is 2. The van der Waals surface area contributed by atoms with Crippen molar-refractivity contribution in [2.24, 2.45) is 5.92 Å². The molecule has 2 heterocycles. The number of furan rings is 1. The van der Waals surface area contributed by atoms with Crippen LogP contribution in [0.2, 0.25) is 0 Å². The van der Waals surface area contributed by atoms with Crippen LogP contribution < -0.4 is 5.32 Å². The molecule has 1 aliphatic rings. The lowest BCUT2D eigenvalue weighted by Gasteiger charge is -2.26. The third-order valence-electron chi connectivity index (χ3n) is 2.53. The van der Waals surface area contributed by atoms with E-state index in [0.717, 1.165) is 0 Å². The molecule has 17 heavy (non-hydrogen) atoms. The molecule has 84 valence electrons. The second-order valence-corrected chi connectivity index (χ2v) is 3.87. The number of carbonyl (C=O) groups excluding carboxylic acids is 1. The average Bonchev–Trinajstić information content (AvgIpc) is 2.81.